The summed E-state index contributed by atoms with van der Waals surface area (Å²) in [5.41, 5.74) is 1.05. The van der Waals surface area contributed by atoms with Crippen molar-refractivity contribution in [2.24, 2.45) is 0 Å². The average Bonchev–Trinajstić information content (AvgIpc) is 2.73. The molecule has 0 amide bonds. The molecule has 0 unspecified atom stereocenters. The van der Waals surface area contributed by atoms with Crippen LogP contribution in [0.3, 0.4) is 0 Å². The second-order valence-electron chi connectivity index (χ2n) is 2.61. The van der Waals surface area contributed by atoms with Crippen LogP contribution >= 0.6 is 0 Å². The van der Waals surface area contributed by atoms with Gasteiger partial charge in [0.2, 0.25) is 0 Å². The van der Waals surface area contributed by atoms with Crippen LogP contribution in [-0.2, 0) is 42.6 Å². The molecule has 120 valence electrons. The maximum absolute atomic E-state index is 7.50. The van der Waals surface area contributed by atoms with E-state index in [0.717, 1.165) is 16.1 Å². The monoisotopic (exact) mass is 493 g/mol. The molecule has 7 heteroatoms. The summed E-state index contributed by atoms with van der Waals surface area (Å²) < 4.78 is 38.5. The summed E-state index contributed by atoms with van der Waals surface area (Å²) in [6.45, 7) is 26.9. The Morgan fingerprint density at radius 1 is 0.958 bits per heavy atom. The normalized spacial score (nSPS) is 5.42. The van der Waals surface area contributed by atoms with Crippen molar-refractivity contribution in [1.82, 2.24) is 5.32 Å². The fourth-order valence-corrected chi connectivity index (χ4v) is 1.34. The number of nitrogens with one attached hydrogen (secondary N) is 1. The van der Waals surface area contributed by atoms with Crippen molar-refractivity contribution in [2.75, 3.05) is 6.54 Å². The summed E-state index contributed by atoms with van der Waals surface area (Å²) >= 11 is 1.35. The van der Waals surface area contributed by atoms with E-state index in [1.165, 1.54) is 19.4 Å². The topological polar surface area (TPSA) is 112 Å². The van der Waals surface area contributed by atoms with Gasteiger partial charge in [-0.1, -0.05) is 0 Å². The molecule has 0 radical (unpaired) electrons. The molecule has 0 atom stereocenters. The Labute approximate surface area is 152 Å². The van der Waals surface area contributed by atoms with Crippen LogP contribution in [0, 0.1) is 45.1 Å². The average molecular weight is 493 g/mol. The molecular formula is C17H11NO5W. The van der Waals surface area contributed by atoms with Crippen molar-refractivity contribution in [1.29, 1.82) is 0 Å². The van der Waals surface area contributed by atoms with Crippen LogP contribution in [0.5, 0.6) is 0 Å². The van der Waals surface area contributed by atoms with Crippen molar-refractivity contribution in [2.45, 2.75) is 0 Å². The minimum atomic E-state index is 0.780. The van der Waals surface area contributed by atoms with Crippen molar-refractivity contribution < 1.29 is 42.6 Å². The third kappa shape index (κ3) is 31.9. The molecule has 0 bridgehead atoms. The molecule has 0 aliphatic carbocycles. The molecule has 0 aliphatic rings. The van der Waals surface area contributed by atoms with Crippen molar-refractivity contribution in [3.05, 3.63) is 81.8 Å². The quantitative estimate of drug-likeness (QED) is 0.291. The van der Waals surface area contributed by atoms with Crippen LogP contribution in [0.25, 0.3) is 0 Å². The summed E-state index contributed by atoms with van der Waals surface area (Å²) in [7, 11) is 0. The molecule has 1 N–H and O–H groups in total. The molecule has 0 saturated heterocycles. The van der Waals surface area contributed by atoms with Crippen LogP contribution in [0.1, 0.15) is 5.56 Å². The van der Waals surface area contributed by atoms with Crippen LogP contribution in [0.15, 0.2) is 43.0 Å². The molecule has 0 aromatic heterocycles. The summed E-state index contributed by atoms with van der Waals surface area (Å²) in [5.74, 6) is 6.17. The van der Waals surface area contributed by atoms with Gasteiger partial charge in [-0.05, 0) is 0 Å². The van der Waals surface area contributed by atoms with Gasteiger partial charge in [-0.2, -0.15) is 0 Å². The second-order valence-corrected chi connectivity index (χ2v) is 4.08. The number of hydrogen-bond acceptors (Lipinski definition) is 1. The predicted molar refractivity (Wildman–Crippen MR) is 76.2 cm³/mol. The number of hydrogen-bond donors (Lipinski definition) is 1. The summed E-state index contributed by atoms with van der Waals surface area (Å²) in [6, 6.07) is 9.97. The Kier molecular flexibility index (Phi) is 59.5. The van der Waals surface area contributed by atoms with Crippen LogP contribution < -0.4 is 5.32 Å². The Bertz CT molecular complexity index is 539. The zero-order valence-electron chi connectivity index (χ0n) is 12.3. The van der Waals surface area contributed by atoms with E-state index >= 15 is 0 Å². The molecule has 0 spiro atoms. The molecule has 0 aliphatic heterocycles. The Hall–Kier alpha value is -2.26. The molecule has 0 fully saturated rings. The van der Waals surface area contributed by atoms with Gasteiger partial charge in [-0.15, -0.1) is 0 Å². The van der Waals surface area contributed by atoms with E-state index in [2.05, 4.69) is 57.0 Å². The van der Waals surface area contributed by atoms with E-state index in [0.29, 0.717) is 0 Å². The third-order valence-electron chi connectivity index (χ3n) is 1.50. The van der Waals surface area contributed by atoms with E-state index in [9.17, 15) is 0 Å². The van der Waals surface area contributed by atoms with Crippen molar-refractivity contribution in [3.8, 4) is 11.8 Å². The van der Waals surface area contributed by atoms with Gasteiger partial charge in [-0.3, -0.25) is 0 Å². The van der Waals surface area contributed by atoms with Gasteiger partial charge < -0.3 is 0 Å². The van der Waals surface area contributed by atoms with E-state index in [-0.39, 0.29) is 0 Å². The van der Waals surface area contributed by atoms with Crippen molar-refractivity contribution in [3.63, 3.8) is 0 Å². The van der Waals surface area contributed by atoms with Crippen molar-refractivity contribution >= 4 is 4.02 Å². The third-order valence-corrected chi connectivity index (χ3v) is 2.39. The number of rotatable bonds is 3. The van der Waals surface area contributed by atoms with Gasteiger partial charge in [0.15, 0.2) is 0 Å². The maximum atomic E-state index is 7.50. The summed E-state index contributed by atoms with van der Waals surface area (Å²) in [4.78, 5) is 0. The molecule has 0 saturated carbocycles. The van der Waals surface area contributed by atoms with E-state index in [1.54, 1.807) is 0 Å². The first-order valence-electron chi connectivity index (χ1n) is 5.31. The van der Waals surface area contributed by atoms with Gasteiger partial charge in [0.05, 0.1) is 0 Å². The standard InChI is InChI=1S/C12H11N.5CO.W/c1-2-10-13-11-6-9-12-7-4-3-5-8-12;5*1-2;/h2-5,7-8,13H,1,10H2;;;;;;. The van der Waals surface area contributed by atoms with E-state index in [4.69, 9.17) is 23.3 Å². The van der Waals surface area contributed by atoms with Gasteiger partial charge in [0.25, 0.3) is 0 Å². The number of benzene rings is 1. The van der Waals surface area contributed by atoms with Crippen LogP contribution in [0.2, 0.25) is 0 Å². The molecule has 1 aromatic rings. The molecule has 24 heavy (non-hydrogen) atoms. The van der Waals surface area contributed by atoms with E-state index in [1.807, 2.05) is 36.4 Å². The summed E-state index contributed by atoms with van der Waals surface area (Å²) in [5, 5.41) is 3.16. The molecule has 0 heterocycles. The van der Waals surface area contributed by atoms with Gasteiger partial charge in [0, 0.05) is 0 Å². The fourth-order valence-electron chi connectivity index (χ4n) is 0.859. The van der Waals surface area contributed by atoms with Gasteiger partial charge in [-0.25, -0.2) is 0 Å². The molecule has 6 nitrogen and oxygen atoms in total. The Morgan fingerprint density at radius 3 is 1.75 bits per heavy atom. The Balaban J connectivity index is -0.000000103. The van der Waals surface area contributed by atoms with Gasteiger partial charge >= 0.3 is 152 Å². The first kappa shape index (κ1) is 33.4. The first-order valence-corrected chi connectivity index (χ1v) is 6.77. The molecular weight excluding hydrogens is 482 g/mol. The molecule has 1 rings (SSSR count). The van der Waals surface area contributed by atoms with Gasteiger partial charge in [0.1, 0.15) is 0 Å². The Morgan fingerprint density at radius 2 is 1.38 bits per heavy atom. The fraction of sp³-hybridized carbons (Fsp3) is 0.0588. The zero-order valence-corrected chi connectivity index (χ0v) is 15.3. The zero-order chi connectivity index (χ0) is 20.2. The predicted octanol–water partition coefficient (Wildman–Crippen LogP) is 1.30. The second kappa shape index (κ2) is 42.8. The van der Waals surface area contributed by atoms with Crippen LogP contribution in [-0.4, -0.2) is 10.6 Å². The minimum absolute atomic E-state index is 0.780. The molecule has 1 aromatic carbocycles. The van der Waals surface area contributed by atoms with Crippen LogP contribution in [0.4, 0.5) is 0 Å². The van der Waals surface area contributed by atoms with E-state index < -0.39 is 0 Å². The summed E-state index contributed by atoms with van der Waals surface area (Å²) in [6.07, 6.45) is 1.83. The first-order chi connectivity index (χ1) is 11.8. The SMILES string of the molecule is C=CCN[C](=[W])C#Cc1ccccc1.[C-]#[O+].[C-]#[O+].[C-]#[O+].[C-]#[O+].[C-]#[O+].